The second-order valence-corrected chi connectivity index (χ2v) is 6.61. The SMILES string of the molecule is CSc1nc(Cl)cc(Sc2nnnn2C2CCCC2)n1. The smallest absolute Gasteiger partial charge is 0.215 e. The molecule has 9 heteroatoms. The van der Waals surface area contributed by atoms with Gasteiger partial charge in [-0.15, -0.1) is 5.10 Å². The molecule has 3 rings (SSSR count). The Kier molecular flexibility index (Phi) is 4.42. The van der Waals surface area contributed by atoms with Crippen molar-refractivity contribution in [3.05, 3.63) is 11.2 Å². The maximum atomic E-state index is 6.00. The summed E-state index contributed by atoms with van der Waals surface area (Å²) in [6, 6.07) is 2.14. The van der Waals surface area contributed by atoms with Gasteiger partial charge in [-0.2, -0.15) is 0 Å². The third-order valence-electron chi connectivity index (χ3n) is 3.16. The molecule has 2 aromatic heterocycles. The second kappa shape index (κ2) is 6.28. The Morgan fingerprint density at radius 2 is 2.10 bits per heavy atom. The molecule has 2 heterocycles. The maximum absolute atomic E-state index is 6.00. The highest BCUT2D eigenvalue weighted by molar-refractivity contribution is 7.99. The van der Waals surface area contributed by atoms with Crippen LogP contribution in [0.1, 0.15) is 31.7 Å². The molecule has 1 aliphatic rings. The average molecular weight is 329 g/mol. The molecule has 0 amide bonds. The fourth-order valence-electron chi connectivity index (χ4n) is 2.24. The topological polar surface area (TPSA) is 69.4 Å². The number of hydrogen-bond acceptors (Lipinski definition) is 7. The predicted molar refractivity (Wildman–Crippen MR) is 78.3 cm³/mol. The highest BCUT2D eigenvalue weighted by Crippen LogP contribution is 2.33. The van der Waals surface area contributed by atoms with Crippen LogP contribution in [-0.4, -0.2) is 36.4 Å². The average Bonchev–Trinajstić information content (AvgIpc) is 3.08. The summed E-state index contributed by atoms with van der Waals surface area (Å²) in [4.78, 5) is 8.54. The Balaban J connectivity index is 1.84. The molecule has 1 saturated carbocycles. The minimum atomic E-state index is 0.407. The molecule has 0 atom stereocenters. The summed E-state index contributed by atoms with van der Waals surface area (Å²) in [5.74, 6) is 0. The summed E-state index contributed by atoms with van der Waals surface area (Å²) in [5.41, 5.74) is 0. The van der Waals surface area contributed by atoms with Gasteiger partial charge in [0.2, 0.25) is 5.16 Å². The monoisotopic (exact) mass is 328 g/mol. The fourth-order valence-corrected chi connectivity index (χ4v) is 3.83. The molecule has 0 bridgehead atoms. The fraction of sp³-hybridized carbons (Fsp3) is 0.545. The van der Waals surface area contributed by atoms with E-state index in [4.69, 9.17) is 11.6 Å². The van der Waals surface area contributed by atoms with Crippen LogP contribution in [0.15, 0.2) is 21.4 Å². The van der Waals surface area contributed by atoms with Crippen LogP contribution >= 0.6 is 35.1 Å². The van der Waals surface area contributed by atoms with Gasteiger partial charge in [0, 0.05) is 6.07 Å². The van der Waals surface area contributed by atoms with E-state index in [0.29, 0.717) is 16.4 Å². The van der Waals surface area contributed by atoms with Gasteiger partial charge in [0.25, 0.3) is 0 Å². The van der Waals surface area contributed by atoms with Crippen LogP contribution in [0, 0.1) is 0 Å². The molecule has 20 heavy (non-hydrogen) atoms. The zero-order valence-electron chi connectivity index (χ0n) is 10.9. The van der Waals surface area contributed by atoms with Gasteiger partial charge in [-0.25, -0.2) is 14.6 Å². The van der Waals surface area contributed by atoms with Gasteiger partial charge < -0.3 is 0 Å². The Morgan fingerprint density at radius 3 is 2.85 bits per heavy atom. The van der Waals surface area contributed by atoms with Crippen molar-refractivity contribution in [3.8, 4) is 0 Å². The second-order valence-electron chi connectivity index (χ2n) is 4.46. The lowest BCUT2D eigenvalue weighted by molar-refractivity contribution is 0.423. The summed E-state index contributed by atoms with van der Waals surface area (Å²) in [6.07, 6.45) is 6.68. The van der Waals surface area contributed by atoms with Crippen LogP contribution in [-0.2, 0) is 0 Å². The summed E-state index contributed by atoms with van der Waals surface area (Å²) >= 11 is 8.89. The molecule has 0 aromatic carbocycles. The van der Waals surface area contributed by atoms with Crippen molar-refractivity contribution in [1.82, 2.24) is 30.2 Å². The first-order chi connectivity index (χ1) is 9.76. The van der Waals surface area contributed by atoms with E-state index in [0.717, 1.165) is 23.0 Å². The first-order valence-electron chi connectivity index (χ1n) is 6.30. The van der Waals surface area contributed by atoms with Crippen molar-refractivity contribution < 1.29 is 0 Å². The van der Waals surface area contributed by atoms with Crippen LogP contribution in [0.4, 0.5) is 0 Å². The van der Waals surface area contributed by atoms with Crippen LogP contribution in [0.3, 0.4) is 0 Å². The first-order valence-corrected chi connectivity index (χ1v) is 8.72. The number of aromatic nitrogens is 6. The van der Waals surface area contributed by atoms with Gasteiger partial charge in [0.15, 0.2) is 5.16 Å². The molecular weight excluding hydrogens is 316 g/mol. The zero-order valence-corrected chi connectivity index (χ0v) is 13.2. The lowest BCUT2D eigenvalue weighted by Crippen LogP contribution is -2.08. The van der Waals surface area contributed by atoms with Crippen molar-refractivity contribution in [1.29, 1.82) is 0 Å². The van der Waals surface area contributed by atoms with Crippen molar-refractivity contribution in [2.45, 2.75) is 47.1 Å². The molecule has 1 fully saturated rings. The van der Waals surface area contributed by atoms with E-state index in [-0.39, 0.29) is 0 Å². The molecule has 0 N–H and O–H groups in total. The third kappa shape index (κ3) is 3.07. The Labute approximate surface area is 130 Å². The lowest BCUT2D eigenvalue weighted by atomic mass is 10.3. The van der Waals surface area contributed by atoms with E-state index in [1.807, 2.05) is 10.9 Å². The summed E-state index contributed by atoms with van der Waals surface area (Å²) in [5, 5.41) is 14.6. The number of halogens is 1. The molecule has 0 spiro atoms. The Morgan fingerprint density at radius 1 is 1.30 bits per heavy atom. The van der Waals surface area contributed by atoms with Crippen LogP contribution in [0.5, 0.6) is 0 Å². The Bertz CT molecular complexity index is 598. The van der Waals surface area contributed by atoms with E-state index in [1.54, 1.807) is 6.07 Å². The van der Waals surface area contributed by atoms with E-state index < -0.39 is 0 Å². The van der Waals surface area contributed by atoms with Crippen molar-refractivity contribution in [2.24, 2.45) is 0 Å². The van der Waals surface area contributed by atoms with Gasteiger partial charge in [0.05, 0.1) is 6.04 Å². The molecular formula is C11H13ClN6S2. The van der Waals surface area contributed by atoms with Crippen LogP contribution < -0.4 is 0 Å². The molecule has 1 aliphatic carbocycles. The number of rotatable bonds is 4. The molecule has 6 nitrogen and oxygen atoms in total. The highest BCUT2D eigenvalue weighted by atomic mass is 35.5. The number of thioether (sulfide) groups is 1. The first kappa shape index (κ1) is 14.1. The van der Waals surface area contributed by atoms with Gasteiger partial charge in [-0.1, -0.05) is 36.2 Å². The van der Waals surface area contributed by atoms with Crippen molar-refractivity contribution in [2.75, 3.05) is 6.26 Å². The zero-order chi connectivity index (χ0) is 13.9. The normalized spacial score (nSPS) is 15.9. The largest absolute Gasteiger partial charge is 0.217 e. The molecule has 0 unspecified atom stereocenters. The minimum Gasteiger partial charge on any atom is -0.217 e. The molecule has 0 aliphatic heterocycles. The molecule has 0 radical (unpaired) electrons. The minimum absolute atomic E-state index is 0.407. The third-order valence-corrected chi connectivity index (χ3v) is 4.77. The molecule has 2 aromatic rings. The van der Waals surface area contributed by atoms with Crippen LogP contribution in [0.25, 0.3) is 0 Å². The highest BCUT2D eigenvalue weighted by Gasteiger charge is 2.22. The number of hydrogen-bond donors (Lipinski definition) is 0. The van der Waals surface area contributed by atoms with Gasteiger partial charge in [-0.3, -0.25) is 0 Å². The van der Waals surface area contributed by atoms with E-state index >= 15 is 0 Å². The van der Waals surface area contributed by atoms with E-state index in [2.05, 4.69) is 25.5 Å². The van der Waals surface area contributed by atoms with Gasteiger partial charge in [0.1, 0.15) is 10.2 Å². The maximum Gasteiger partial charge on any atom is 0.215 e. The lowest BCUT2D eigenvalue weighted by Gasteiger charge is -2.10. The summed E-state index contributed by atoms with van der Waals surface area (Å²) in [6.45, 7) is 0. The molecule has 106 valence electrons. The van der Waals surface area contributed by atoms with Gasteiger partial charge in [-0.05, 0) is 41.3 Å². The quantitative estimate of drug-likeness (QED) is 0.485. The standard InChI is InChI=1S/C11H13ClN6S2/c1-19-10-13-8(12)6-9(14-10)20-11-15-16-17-18(11)7-4-2-3-5-7/h6-7H,2-5H2,1H3. The van der Waals surface area contributed by atoms with Gasteiger partial charge >= 0.3 is 0 Å². The number of tetrazole rings is 1. The van der Waals surface area contributed by atoms with Crippen molar-refractivity contribution >= 4 is 35.1 Å². The molecule has 0 saturated heterocycles. The van der Waals surface area contributed by atoms with Crippen molar-refractivity contribution in [3.63, 3.8) is 0 Å². The predicted octanol–water partition coefficient (Wildman–Crippen LogP) is 3.10. The van der Waals surface area contributed by atoms with E-state index in [9.17, 15) is 0 Å². The summed E-state index contributed by atoms with van der Waals surface area (Å²) < 4.78 is 1.91. The number of nitrogens with zero attached hydrogens (tertiary/aromatic N) is 6. The summed E-state index contributed by atoms with van der Waals surface area (Å²) in [7, 11) is 0. The Hall–Kier alpha value is -0.860. The van der Waals surface area contributed by atoms with E-state index in [1.165, 1.54) is 36.4 Å². The van der Waals surface area contributed by atoms with Crippen LogP contribution in [0.2, 0.25) is 5.15 Å².